The zero-order chi connectivity index (χ0) is 15.0. The third-order valence-electron chi connectivity index (χ3n) is 5.77. The fourth-order valence-electron chi connectivity index (χ4n) is 4.58. The van der Waals surface area contributed by atoms with Crippen LogP contribution in [-0.4, -0.2) is 12.6 Å². The van der Waals surface area contributed by atoms with Crippen LogP contribution in [0.5, 0.6) is 0 Å². The molecule has 21 heavy (non-hydrogen) atoms. The maximum Gasteiger partial charge on any atom is 0.0136 e. The van der Waals surface area contributed by atoms with Crippen LogP contribution in [0.15, 0.2) is 12.1 Å². The third-order valence-corrected chi connectivity index (χ3v) is 5.77. The van der Waals surface area contributed by atoms with E-state index in [0.29, 0.717) is 6.04 Å². The fourth-order valence-corrected chi connectivity index (χ4v) is 4.58. The van der Waals surface area contributed by atoms with Gasteiger partial charge in [0.25, 0.3) is 0 Å². The Bertz CT molecular complexity index is 472. The summed E-state index contributed by atoms with van der Waals surface area (Å²) >= 11 is 0. The van der Waals surface area contributed by atoms with E-state index in [1.165, 1.54) is 55.3 Å². The maximum absolute atomic E-state index is 3.87. The zero-order valence-corrected chi connectivity index (χ0v) is 14.2. The van der Waals surface area contributed by atoms with E-state index in [0.717, 1.165) is 17.8 Å². The highest BCUT2D eigenvalue weighted by molar-refractivity contribution is 5.38. The van der Waals surface area contributed by atoms with Gasteiger partial charge < -0.3 is 5.32 Å². The van der Waals surface area contributed by atoms with Crippen molar-refractivity contribution in [2.45, 2.75) is 65.8 Å². The first-order chi connectivity index (χ1) is 10.1. The molecule has 116 valence electrons. The quantitative estimate of drug-likeness (QED) is 0.807. The Morgan fingerprint density at radius 2 is 1.67 bits per heavy atom. The molecule has 2 aliphatic carbocycles. The van der Waals surface area contributed by atoms with E-state index >= 15 is 0 Å². The summed E-state index contributed by atoms with van der Waals surface area (Å²) in [5.74, 6) is 3.09. The van der Waals surface area contributed by atoms with Crippen molar-refractivity contribution >= 4 is 0 Å². The van der Waals surface area contributed by atoms with Gasteiger partial charge in [0, 0.05) is 6.04 Å². The van der Waals surface area contributed by atoms with Crippen molar-refractivity contribution in [3.8, 4) is 0 Å². The Hall–Kier alpha value is -0.820. The average molecular weight is 285 g/mol. The molecule has 0 bridgehead atoms. The predicted molar refractivity (Wildman–Crippen MR) is 90.8 cm³/mol. The first-order valence-electron chi connectivity index (χ1n) is 8.88. The number of hydrogen-bond donors (Lipinski definition) is 1. The average Bonchev–Trinajstić information content (AvgIpc) is 3.03. The van der Waals surface area contributed by atoms with Gasteiger partial charge in [0.1, 0.15) is 0 Å². The van der Waals surface area contributed by atoms with E-state index < -0.39 is 0 Å². The summed E-state index contributed by atoms with van der Waals surface area (Å²) in [7, 11) is 0. The van der Waals surface area contributed by atoms with Crippen molar-refractivity contribution in [1.29, 1.82) is 0 Å². The van der Waals surface area contributed by atoms with Gasteiger partial charge >= 0.3 is 0 Å². The lowest BCUT2D eigenvalue weighted by molar-refractivity contribution is 0.332. The van der Waals surface area contributed by atoms with Gasteiger partial charge in [-0.05, 0) is 93.9 Å². The standard InChI is InChI=1S/C20H31N/c1-5-6-21-20(18-10-16-9-17(16)11-18)12-19-14(3)7-13(2)8-15(19)4/h7-8,16-18,20-21H,5-6,9-12H2,1-4H3. The summed E-state index contributed by atoms with van der Waals surface area (Å²) in [4.78, 5) is 0. The van der Waals surface area contributed by atoms with Crippen molar-refractivity contribution in [3.05, 3.63) is 34.4 Å². The van der Waals surface area contributed by atoms with Crippen LogP contribution in [0.2, 0.25) is 0 Å². The van der Waals surface area contributed by atoms with Crippen LogP contribution >= 0.6 is 0 Å². The lowest BCUT2D eigenvalue weighted by Crippen LogP contribution is -2.38. The smallest absolute Gasteiger partial charge is 0.0136 e. The first-order valence-corrected chi connectivity index (χ1v) is 8.88. The largest absolute Gasteiger partial charge is 0.313 e. The summed E-state index contributed by atoms with van der Waals surface area (Å²) < 4.78 is 0. The zero-order valence-electron chi connectivity index (χ0n) is 14.2. The number of hydrogen-bond acceptors (Lipinski definition) is 1. The molecule has 0 amide bonds. The van der Waals surface area contributed by atoms with Crippen LogP contribution in [0.25, 0.3) is 0 Å². The number of nitrogens with one attached hydrogen (secondary N) is 1. The molecule has 2 aliphatic rings. The molecular formula is C20H31N. The van der Waals surface area contributed by atoms with Crippen LogP contribution in [0.3, 0.4) is 0 Å². The number of rotatable bonds is 6. The van der Waals surface area contributed by atoms with Crippen LogP contribution in [0.1, 0.15) is 54.9 Å². The van der Waals surface area contributed by atoms with Gasteiger partial charge in [-0.25, -0.2) is 0 Å². The Labute approximate surface area is 130 Å². The van der Waals surface area contributed by atoms with Crippen LogP contribution in [-0.2, 0) is 6.42 Å². The summed E-state index contributed by atoms with van der Waals surface area (Å²) in [6, 6.07) is 5.40. The summed E-state index contributed by atoms with van der Waals surface area (Å²) in [5, 5.41) is 3.87. The van der Waals surface area contributed by atoms with E-state index in [4.69, 9.17) is 0 Å². The van der Waals surface area contributed by atoms with Crippen molar-refractivity contribution in [2.24, 2.45) is 17.8 Å². The molecule has 1 nitrogen and oxygen atoms in total. The molecule has 0 aromatic heterocycles. The SMILES string of the molecule is CCCNC(Cc1c(C)cc(C)cc1C)C1CC2CC2C1. The van der Waals surface area contributed by atoms with E-state index in [1.54, 1.807) is 5.56 Å². The lowest BCUT2D eigenvalue weighted by atomic mass is 9.86. The number of fused-ring (bicyclic) bond motifs is 1. The van der Waals surface area contributed by atoms with Crippen molar-refractivity contribution < 1.29 is 0 Å². The molecule has 1 aromatic carbocycles. The van der Waals surface area contributed by atoms with E-state index in [-0.39, 0.29) is 0 Å². The minimum Gasteiger partial charge on any atom is -0.313 e. The molecule has 3 rings (SSSR count). The normalized spacial score (nSPS) is 28.5. The summed E-state index contributed by atoms with van der Waals surface area (Å²) in [6.07, 6.45) is 6.95. The second-order valence-corrected chi connectivity index (χ2v) is 7.63. The number of aryl methyl sites for hydroxylation is 3. The fraction of sp³-hybridized carbons (Fsp3) is 0.700. The highest BCUT2D eigenvalue weighted by atomic mass is 14.9. The topological polar surface area (TPSA) is 12.0 Å². The Kier molecular flexibility index (Phi) is 4.40. The minimum atomic E-state index is 0.692. The number of benzene rings is 1. The molecule has 1 heteroatoms. The highest BCUT2D eigenvalue weighted by Crippen LogP contribution is 2.55. The molecule has 2 saturated carbocycles. The van der Waals surface area contributed by atoms with Gasteiger partial charge in [-0.15, -0.1) is 0 Å². The monoisotopic (exact) mass is 285 g/mol. The molecule has 1 aromatic rings. The second-order valence-electron chi connectivity index (χ2n) is 7.63. The van der Waals surface area contributed by atoms with Gasteiger partial charge in [-0.2, -0.15) is 0 Å². The summed E-state index contributed by atoms with van der Waals surface area (Å²) in [6.45, 7) is 10.2. The molecule has 2 fully saturated rings. The van der Waals surface area contributed by atoms with Crippen molar-refractivity contribution in [3.63, 3.8) is 0 Å². The van der Waals surface area contributed by atoms with E-state index in [2.05, 4.69) is 45.1 Å². The van der Waals surface area contributed by atoms with Gasteiger partial charge in [-0.3, -0.25) is 0 Å². The molecular weight excluding hydrogens is 254 g/mol. The van der Waals surface area contributed by atoms with Crippen LogP contribution < -0.4 is 5.32 Å². The summed E-state index contributed by atoms with van der Waals surface area (Å²) in [5.41, 5.74) is 5.96. The minimum absolute atomic E-state index is 0.692. The predicted octanol–water partition coefficient (Wildman–Crippen LogP) is 4.57. The molecule has 0 radical (unpaired) electrons. The molecule has 0 aliphatic heterocycles. The first kappa shape index (κ1) is 15.1. The molecule has 3 atom stereocenters. The van der Waals surface area contributed by atoms with E-state index in [1.807, 2.05) is 0 Å². The molecule has 0 saturated heterocycles. The van der Waals surface area contributed by atoms with E-state index in [9.17, 15) is 0 Å². The van der Waals surface area contributed by atoms with Gasteiger partial charge in [0.15, 0.2) is 0 Å². The van der Waals surface area contributed by atoms with Gasteiger partial charge in [-0.1, -0.05) is 24.6 Å². The Morgan fingerprint density at radius 3 is 2.24 bits per heavy atom. The molecule has 0 heterocycles. The lowest BCUT2D eigenvalue weighted by Gasteiger charge is -2.27. The van der Waals surface area contributed by atoms with Gasteiger partial charge in [0.2, 0.25) is 0 Å². The molecule has 3 unspecified atom stereocenters. The highest BCUT2D eigenvalue weighted by Gasteiger charge is 2.47. The Morgan fingerprint density at radius 1 is 1.05 bits per heavy atom. The Balaban J connectivity index is 1.74. The van der Waals surface area contributed by atoms with Crippen LogP contribution in [0.4, 0.5) is 0 Å². The van der Waals surface area contributed by atoms with Crippen LogP contribution in [0, 0.1) is 38.5 Å². The second kappa shape index (κ2) is 6.12. The molecule has 1 N–H and O–H groups in total. The molecule has 0 spiro atoms. The van der Waals surface area contributed by atoms with Crippen molar-refractivity contribution in [2.75, 3.05) is 6.54 Å². The van der Waals surface area contributed by atoms with Gasteiger partial charge in [0.05, 0.1) is 0 Å². The maximum atomic E-state index is 3.87. The van der Waals surface area contributed by atoms with Crippen molar-refractivity contribution in [1.82, 2.24) is 5.32 Å². The third kappa shape index (κ3) is 3.34.